The van der Waals surface area contributed by atoms with Gasteiger partial charge < -0.3 is 19.5 Å². The van der Waals surface area contributed by atoms with E-state index >= 15 is 0 Å². The lowest BCUT2D eigenvalue weighted by Gasteiger charge is -2.30. The van der Waals surface area contributed by atoms with Crippen LogP contribution in [0.5, 0.6) is 11.5 Å². The summed E-state index contributed by atoms with van der Waals surface area (Å²) in [5.74, 6) is -0.766. The number of methoxy groups -OCH3 is 3. The molecule has 10 heteroatoms. The summed E-state index contributed by atoms with van der Waals surface area (Å²) in [5.41, 5.74) is 0.496. The lowest BCUT2D eigenvalue weighted by atomic mass is 10.1. The molecule has 31 heavy (non-hydrogen) atoms. The predicted octanol–water partition coefficient (Wildman–Crippen LogP) is 2.67. The number of nitrogens with one attached hydrogen (secondary N) is 1. The number of hydrogen-bond donors (Lipinski definition) is 1. The molecule has 0 heterocycles. The summed E-state index contributed by atoms with van der Waals surface area (Å²) in [6, 6.07) is 10.1. The van der Waals surface area contributed by atoms with E-state index in [1.54, 1.807) is 37.3 Å². The quantitative estimate of drug-likeness (QED) is 0.585. The smallest absolute Gasteiger partial charge is 0.340 e. The van der Waals surface area contributed by atoms with E-state index in [0.717, 1.165) is 10.6 Å². The third-order valence-corrected chi connectivity index (χ3v) is 5.71. The fourth-order valence-corrected chi connectivity index (χ4v) is 4.32. The normalized spacial score (nSPS) is 11.9. The number of amides is 1. The number of para-hydroxylation sites is 1. The molecular weight excluding hydrogens is 424 g/mol. The highest BCUT2D eigenvalue weighted by Gasteiger charge is 2.32. The fourth-order valence-electron chi connectivity index (χ4n) is 3.11. The lowest BCUT2D eigenvalue weighted by Crippen LogP contribution is -2.47. The number of carbonyl (C=O) groups is 2. The van der Waals surface area contributed by atoms with Gasteiger partial charge in [-0.05, 0) is 18.6 Å². The molecule has 2 rings (SSSR count). The van der Waals surface area contributed by atoms with Crippen LogP contribution in [0, 0.1) is 0 Å². The number of esters is 1. The van der Waals surface area contributed by atoms with Gasteiger partial charge in [0, 0.05) is 12.1 Å². The van der Waals surface area contributed by atoms with Gasteiger partial charge in [-0.1, -0.05) is 25.1 Å². The van der Waals surface area contributed by atoms with E-state index in [0.29, 0.717) is 5.69 Å². The summed E-state index contributed by atoms with van der Waals surface area (Å²) < 4.78 is 41.4. The Bertz CT molecular complexity index is 1040. The maximum Gasteiger partial charge on any atom is 0.340 e. The Morgan fingerprint density at radius 1 is 1.03 bits per heavy atom. The summed E-state index contributed by atoms with van der Waals surface area (Å²) >= 11 is 0. The Morgan fingerprint density at radius 2 is 1.61 bits per heavy atom. The van der Waals surface area contributed by atoms with Crippen molar-refractivity contribution in [3.63, 3.8) is 0 Å². The summed E-state index contributed by atoms with van der Waals surface area (Å²) in [7, 11) is 0.248. The molecule has 0 aliphatic carbocycles. The number of rotatable bonds is 9. The van der Waals surface area contributed by atoms with Gasteiger partial charge >= 0.3 is 5.97 Å². The van der Waals surface area contributed by atoms with Crippen LogP contribution < -0.4 is 19.1 Å². The van der Waals surface area contributed by atoms with Crippen molar-refractivity contribution in [2.24, 2.45) is 0 Å². The van der Waals surface area contributed by atoms with E-state index in [9.17, 15) is 18.0 Å². The average molecular weight is 451 g/mol. The zero-order valence-electron chi connectivity index (χ0n) is 18.0. The second-order valence-electron chi connectivity index (χ2n) is 6.55. The summed E-state index contributed by atoms with van der Waals surface area (Å²) in [6.07, 6.45) is 1.22. The van der Waals surface area contributed by atoms with Gasteiger partial charge in [-0.3, -0.25) is 9.10 Å². The molecule has 0 fully saturated rings. The molecule has 0 aliphatic rings. The van der Waals surface area contributed by atoms with E-state index in [1.165, 1.54) is 33.5 Å². The van der Waals surface area contributed by atoms with Crippen LogP contribution in [0.25, 0.3) is 0 Å². The van der Waals surface area contributed by atoms with Gasteiger partial charge in [0.05, 0.1) is 44.5 Å². The first-order chi connectivity index (χ1) is 14.7. The highest BCUT2D eigenvalue weighted by atomic mass is 32.2. The average Bonchev–Trinajstić information content (AvgIpc) is 2.75. The molecule has 0 spiro atoms. The van der Waals surface area contributed by atoms with Crippen LogP contribution in [0.15, 0.2) is 42.5 Å². The first-order valence-electron chi connectivity index (χ1n) is 9.37. The van der Waals surface area contributed by atoms with Crippen LogP contribution in [0.3, 0.4) is 0 Å². The number of anilines is 2. The minimum Gasteiger partial charge on any atom is -0.493 e. The van der Waals surface area contributed by atoms with Gasteiger partial charge in [0.2, 0.25) is 15.9 Å². The first kappa shape index (κ1) is 24.0. The molecule has 168 valence electrons. The largest absolute Gasteiger partial charge is 0.493 e. The molecule has 0 saturated heterocycles. The van der Waals surface area contributed by atoms with Gasteiger partial charge in [-0.2, -0.15) is 0 Å². The van der Waals surface area contributed by atoms with Crippen LogP contribution >= 0.6 is 0 Å². The van der Waals surface area contributed by atoms with Gasteiger partial charge in [0.25, 0.3) is 0 Å². The van der Waals surface area contributed by atoms with Crippen LogP contribution in [-0.2, 0) is 19.6 Å². The third kappa shape index (κ3) is 5.46. The SMILES string of the molecule is CC[C@H](C(=O)Nc1cc(OC)c(OC)cc1C(=O)OC)N(c1ccccc1)S(C)(=O)=O. The molecule has 2 aromatic rings. The minimum atomic E-state index is -3.79. The highest BCUT2D eigenvalue weighted by Crippen LogP contribution is 2.34. The Balaban J connectivity index is 2.51. The highest BCUT2D eigenvalue weighted by molar-refractivity contribution is 7.92. The topological polar surface area (TPSA) is 111 Å². The summed E-state index contributed by atoms with van der Waals surface area (Å²) in [5, 5.41) is 2.64. The van der Waals surface area contributed by atoms with Crippen LogP contribution in [0.4, 0.5) is 11.4 Å². The van der Waals surface area contributed by atoms with E-state index in [2.05, 4.69) is 5.32 Å². The van der Waals surface area contributed by atoms with E-state index < -0.39 is 27.9 Å². The molecule has 1 N–H and O–H groups in total. The van der Waals surface area contributed by atoms with Gasteiger partial charge in [0.15, 0.2) is 11.5 Å². The first-order valence-corrected chi connectivity index (χ1v) is 11.2. The Labute approximate surface area is 182 Å². The van der Waals surface area contributed by atoms with Crippen LogP contribution in [0.1, 0.15) is 23.7 Å². The zero-order valence-corrected chi connectivity index (χ0v) is 18.9. The predicted molar refractivity (Wildman–Crippen MR) is 117 cm³/mol. The number of ether oxygens (including phenoxy) is 3. The lowest BCUT2D eigenvalue weighted by molar-refractivity contribution is -0.117. The molecule has 9 nitrogen and oxygen atoms in total. The fraction of sp³-hybridized carbons (Fsp3) is 0.333. The number of hydrogen-bond acceptors (Lipinski definition) is 7. The molecule has 0 aliphatic heterocycles. The van der Waals surface area contributed by atoms with E-state index in [4.69, 9.17) is 14.2 Å². The number of nitrogens with zero attached hydrogens (tertiary/aromatic N) is 1. The molecule has 0 bridgehead atoms. The van der Waals surface area contributed by atoms with Crippen molar-refractivity contribution < 1.29 is 32.2 Å². The Hall–Kier alpha value is -3.27. The van der Waals surface area contributed by atoms with Gasteiger partial charge in [-0.25, -0.2) is 13.2 Å². The third-order valence-electron chi connectivity index (χ3n) is 4.53. The number of benzene rings is 2. The molecule has 1 atom stereocenters. The summed E-state index contributed by atoms with van der Waals surface area (Å²) in [6.45, 7) is 1.70. The maximum absolute atomic E-state index is 13.2. The van der Waals surface area contributed by atoms with Crippen LogP contribution in [-0.4, -0.2) is 53.9 Å². The summed E-state index contributed by atoms with van der Waals surface area (Å²) in [4.78, 5) is 25.4. The molecule has 1 amide bonds. The van der Waals surface area contributed by atoms with Gasteiger partial charge in [0.1, 0.15) is 6.04 Å². The number of sulfonamides is 1. The number of carbonyl (C=O) groups excluding carboxylic acids is 2. The Kier molecular flexibility index (Phi) is 7.87. The second-order valence-corrected chi connectivity index (χ2v) is 8.41. The Morgan fingerprint density at radius 3 is 2.10 bits per heavy atom. The van der Waals surface area contributed by atoms with Crippen molar-refractivity contribution >= 4 is 33.3 Å². The van der Waals surface area contributed by atoms with E-state index in [-0.39, 0.29) is 29.2 Å². The molecule has 0 radical (unpaired) electrons. The monoisotopic (exact) mass is 450 g/mol. The van der Waals surface area contributed by atoms with Crippen molar-refractivity contribution in [2.75, 3.05) is 37.2 Å². The molecule has 2 aromatic carbocycles. The minimum absolute atomic E-state index is 0.0361. The zero-order chi connectivity index (χ0) is 23.2. The maximum atomic E-state index is 13.2. The molecular formula is C21H26N2O7S. The van der Waals surface area contributed by atoms with Crippen molar-refractivity contribution in [3.05, 3.63) is 48.0 Å². The van der Waals surface area contributed by atoms with Crippen molar-refractivity contribution in [2.45, 2.75) is 19.4 Å². The van der Waals surface area contributed by atoms with Crippen molar-refractivity contribution in [1.82, 2.24) is 0 Å². The van der Waals surface area contributed by atoms with Crippen molar-refractivity contribution in [1.29, 1.82) is 0 Å². The van der Waals surface area contributed by atoms with Crippen molar-refractivity contribution in [3.8, 4) is 11.5 Å². The molecule has 0 aromatic heterocycles. The van der Waals surface area contributed by atoms with E-state index in [1.807, 2.05) is 0 Å². The standard InChI is InChI=1S/C21H26N2O7S/c1-6-17(23(31(5,26)27)14-10-8-7-9-11-14)20(24)22-16-13-19(29-3)18(28-2)12-15(16)21(25)30-4/h7-13,17H,6H2,1-5H3,(H,22,24)/t17-/m1/s1. The van der Waals surface area contributed by atoms with Crippen LogP contribution in [0.2, 0.25) is 0 Å². The molecule has 0 unspecified atom stereocenters. The second kappa shape index (κ2) is 10.2. The molecule has 0 saturated carbocycles. The van der Waals surface area contributed by atoms with Gasteiger partial charge in [-0.15, -0.1) is 0 Å².